The number of rotatable bonds is 6. The van der Waals surface area contributed by atoms with Gasteiger partial charge in [-0.1, -0.05) is 29.8 Å². The van der Waals surface area contributed by atoms with E-state index in [0.717, 1.165) is 10.5 Å². The summed E-state index contributed by atoms with van der Waals surface area (Å²) in [6.07, 6.45) is -0.104. The fourth-order valence-electron chi connectivity index (χ4n) is 2.78. The van der Waals surface area contributed by atoms with E-state index in [1.165, 1.54) is 18.2 Å². The van der Waals surface area contributed by atoms with E-state index in [1.807, 2.05) is 0 Å². The molecule has 0 spiro atoms. The predicted octanol–water partition coefficient (Wildman–Crippen LogP) is 2.55. The van der Waals surface area contributed by atoms with Crippen LogP contribution in [-0.2, 0) is 11.3 Å². The molecule has 1 N–H and O–H groups in total. The zero-order valence-corrected chi connectivity index (χ0v) is 14.7. The molecule has 0 saturated carbocycles. The molecule has 9 heteroatoms. The summed E-state index contributed by atoms with van der Waals surface area (Å²) in [7, 11) is 0. The van der Waals surface area contributed by atoms with Gasteiger partial charge in [0.1, 0.15) is 5.56 Å². The quantitative estimate of drug-likeness (QED) is 0.465. The summed E-state index contributed by atoms with van der Waals surface area (Å²) in [6, 6.07) is 10.8. The van der Waals surface area contributed by atoms with Gasteiger partial charge >= 0.3 is 0 Å². The van der Waals surface area contributed by atoms with Crippen molar-refractivity contribution in [2.45, 2.75) is 13.0 Å². The number of amides is 3. The summed E-state index contributed by atoms with van der Waals surface area (Å²) in [5.74, 6) is -1.74. The van der Waals surface area contributed by atoms with Gasteiger partial charge < -0.3 is 5.32 Å². The highest BCUT2D eigenvalue weighted by Crippen LogP contribution is 2.30. The predicted molar refractivity (Wildman–Crippen MR) is 96.4 cm³/mol. The molecule has 1 aliphatic heterocycles. The Balaban J connectivity index is 1.61. The van der Waals surface area contributed by atoms with Crippen molar-refractivity contribution in [3.8, 4) is 0 Å². The Morgan fingerprint density at radius 3 is 2.48 bits per heavy atom. The highest BCUT2D eigenvalue weighted by Gasteiger charge is 2.40. The summed E-state index contributed by atoms with van der Waals surface area (Å²) < 4.78 is 0. The number of benzene rings is 2. The minimum Gasteiger partial charge on any atom is -0.352 e. The molecule has 0 saturated heterocycles. The van der Waals surface area contributed by atoms with E-state index in [1.54, 1.807) is 24.3 Å². The average molecular weight is 388 g/mol. The van der Waals surface area contributed by atoms with E-state index in [2.05, 4.69) is 5.32 Å². The van der Waals surface area contributed by atoms with E-state index in [-0.39, 0.29) is 36.5 Å². The molecule has 8 nitrogen and oxygen atoms in total. The van der Waals surface area contributed by atoms with Crippen molar-refractivity contribution in [1.29, 1.82) is 0 Å². The Morgan fingerprint density at radius 1 is 1.11 bits per heavy atom. The molecule has 0 radical (unpaired) electrons. The largest absolute Gasteiger partial charge is 0.352 e. The normalized spacial score (nSPS) is 12.9. The molecule has 3 amide bonds. The van der Waals surface area contributed by atoms with Crippen LogP contribution in [0.4, 0.5) is 5.69 Å². The molecular weight excluding hydrogens is 374 g/mol. The first-order valence-electron chi connectivity index (χ1n) is 8.03. The van der Waals surface area contributed by atoms with Crippen molar-refractivity contribution in [3.63, 3.8) is 0 Å². The smallest absolute Gasteiger partial charge is 0.282 e. The maximum absolute atomic E-state index is 12.4. The van der Waals surface area contributed by atoms with Gasteiger partial charge in [0.2, 0.25) is 5.91 Å². The molecule has 0 atom stereocenters. The Bertz CT molecular complexity index is 943. The molecule has 1 heterocycles. The summed E-state index contributed by atoms with van der Waals surface area (Å²) in [6.45, 7) is 0.125. The Kier molecular flexibility index (Phi) is 5.18. The fourth-order valence-corrected chi connectivity index (χ4v) is 2.90. The minimum atomic E-state index is -0.757. The van der Waals surface area contributed by atoms with Crippen molar-refractivity contribution in [2.24, 2.45) is 0 Å². The maximum atomic E-state index is 12.4. The van der Waals surface area contributed by atoms with E-state index in [9.17, 15) is 24.5 Å². The van der Waals surface area contributed by atoms with Crippen LogP contribution in [0.25, 0.3) is 0 Å². The molecule has 2 aromatic carbocycles. The van der Waals surface area contributed by atoms with Crippen molar-refractivity contribution >= 4 is 35.0 Å². The monoisotopic (exact) mass is 387 g/mol. The second kappa shape index (κ2) is 7.55. The number of nitro benzene ring substituents is 1. The molecule has 1 aliphatic rings. The molecular formula is C18H14ClN3O5. The number of hydrogen-bond donors (Lipinski definition) is 1. The number of hydrogen-bond acceptors (Lipinski definition) is 5. The molecule has 0 bridgehead atoms. The van der Waals surface area contributed by atoms with E-state index in [0.29, 0.717) is 5.02 Å². The summed E-state index contributed by atoms with van der Waals surface area (Å²) >= 11 is 5.79. The summed E-state index contributed by atoms with van der Waals surface area (Å²) in [5, 5.41) is 14.3. The van der Waals surface area contributed by atoms with Crippen molar-refractivity contribution < 1.29 is 19.3 Å². The average Bonchev–Trinajstić information content (AvgIpc) is 2.90. The second-order valence-electron chi connectivity index (χ2n) is 5.87. The van der Waals surface area contributed by atoms with Gasteiger partial charge in [-0.05, 0) is 23.8 Å². The first kappa shape index (κ1) is 18.5. The van der Waals surface area contributed by atoms with Gasteiger partial charge in [0.15, 0.2) is 0 Å². The topological polar surface area (TPSA) is 110 Å². The lowest BCUT2D eigenvalue weighted by molar-refractivity contribution is -0.385. The van der Waals surface area contributed by atoms with Gasteiger partial charge in [-0.3, -0.25) is 29.4 Å². The Hall–Kier alpha value is -3.26. The number of nitrogens with one attached hydrogen (secondary N) is 1. The molecule has 27 heavy (non-hydrogen) atoms. The number of carbonyl (C=O) groups excluding carboxylic acids is 3. The standard InChI is InChI=1S/C18H14ClN3O5/c19-12-6-4-11(5-7-12)10-20-15(23)8-9-21-17(24)13-2-1-3-14(22(26)27)16(13)18(21)25/h1-7H,8-10H2,(H,20,23). The first-order chi connectivity index (χ1) is 12.9. The minimum absolute atomic E-state index is 0.0178. The molecule has 0 aromatic heterocycles. The molecule has 2 aromatic rings. The van der Waals surface area contributed by atoms with Crippen molar-refractivity contribution in [2.75, 3.05) is 6.54 Å². The lowest BCUT2D eigenvalue weighted by atomic mass is 10.1. The van der Waals surface area contributed by atoms with Gasteiger partial charge in [-0.25, -0.2) is 0 Å². The summed E-state index contributed by atoms with van der Waals surface area (Å²) in [5.41, 5.74) is 0.189. The third-order valence-corrected chi connectivity index (χ3v) is 4.39. The molecule has 3 rings (SSSR count). The van der Waals surface area contributed by atoms with Gasteiger partial charge in [-0.2, -0.15) is 0 Å². The van der Waals surface area contributed by atoms with Crippen LogP contribution < -0.4 is 5.32 Å². The third kappa shape index (κ3) is 3.80. The number of nitro groups is 1. The van der Waals surface area contributed by atoms with Crippen molar-refractivity contribution in [3.05, 3.63) is 74.3 Å². The SMILES string of the molecule is O=C(CCN1C(=O)c2cccc([N+](=O)[O-])c2C1=O)NCc1ccc(Cl)cc1. The number of carbonyl (C=O) groups is 3. The van der Waals surface area contributed by atoms with Crippen LogP contribution in [0.3, 0.4) is 0 Å². The van der Waals surface area contributed by atoms with E-state index >= 15 is 0 Å². The molecule has 0 fully saturated rings. The lowest BCUT2D eigenvalue weighted by Crippen LogP contribution is -2.34. The van der Waals surface area contributed by atoms with Crippen LogP contribution in [0.15, 0.2) is 42.5 Å². The summed E-state index contributed by atoms with van der Waals surface area (Å²) in [4.78, 5) is 48.0. The molecule has 0 unspecified atom stereocenters. The van der Waals surface area contributed by atoms with Gasteiger partial charge in [0.05, 0.1) is 10.5 Å². The third-order valence-electron chi connectivity index (χ3n) is 4.14. The van der Waals surface area contributed by atoms with Crippen LogP contribution in [-0.4, -0.2) is 34.1 Å². The second-order valence-corrected chi connectivity index (χ2v) is 6.31. The number of fused-ring (bicyclic) bond motifs is 1. The van der Waals surface area contributed by atoms with Gasteiger partial charge in [-0.15, -0.1) is 0 Å². The van der Waals surface area contributed by atoms with Crippen LogP contribution in [0.5, 0.6) is 0 Å². The van der Waals surface area contributed by atoms with Gasteiger partial charge in [0, 0.05) is 30.6 Å². The van der Waals surface area contributed by atoms with Gasteiger partial charge in [0.25, 0.3) is 17.5 Å². The van der Waals surface area contributed by atoms with Crippen LogP contribution >= 0.6 is 11.6 Å². The van der Waals surface area contributed by atoms with Crippen LogP contribution in [0.1, 0.15) is 32.7 Å². The van der Waals surface area contributed by atoms with Crippen LogP contribution in [0.2, 0.25) is 5.02 Å². The van der Waals surface area contributed by atoms with Crippen molar-refractivity contribution in [1.82, 2.24) is 10.2 Å². The Morgan fingerprint density at radius 2 is 1.81 bits per heavy atom. The molecule has 138 valence electrons. The highest BCUT2D eigenvalue weighted by molar-refractivity contribution is 6.30. The highest BCUT2D eigenvalue weighted by atomic mass is 35.5. The Labute approximate surface area is 158 Å². The number of nitrogens with zero attached hydrogens (tertiary/aromatic N) is 2. The van der Waals surface area contributed by atoms with E-state index < -0.39 is 22.4 Å². The molecule has 0 aliphatic carbocycles. The van der Waals surface area contributed by atoms with Crippen LogP contribution in [0, 0.1) is 10.1 Å². The number of halogens is 1. The number of imide groups is 1. The maximum Gasteiger partial charge on any atom is 0.282 e. The first-order valence-corrected chi connectivity index (χ1v) is 8.41. The lowest BCUT2D eigenvalue weighted by Gasteiger charge is -2.13. The zero-order chi connectivity index (χ0) is 19.6. The van der Waals surface area contributed by atoms with E-state index in [4.69, 9.17) is 11.6 Å². The fraction of sp³-hybridized carbons (Fsp3) is 0.167. The zero-order valence-electron chi connectivity index (χ0n) is 14.0.